The summed E-state index contributed by atoms with van der Waals surface area (Å²) in [6.45, 7) is 0.805. The largest absolute Gasteiger partial charge is 0.483 e. The molecule has 5 N–H and O–H groups in total. The van der Waals surface area contributed by atoms with E-state index in [1.54, 1.807) is 0 Å². The Morgan fingerprint density at radius 2 is 2.13 bits per heavy atom. The fourth-order valence-corrected chi connectivity index (χ4v) is 2.32. The number of rotatable bonds is 6. The summed E-state index contributed by atoms with van der Waals surface area (Å²) in [6.07, 6.45) is 1.94. The fraction of sp³-hybridized carbons (Fsp3) is 0.667. The molecule has 0 bridgehead atoms. The van der Waals surface area contributed by atoms with Gasteiger partial charge in [-0.2, -0.15) is 0 Å². The van der Waals surface area contributed by atoms with E-state index in [0.29, 0.717) is 12.8 Å². The fourth-order valence-electron chi connectivity index (χ4n) is 2.32. The zero-order valence-electron chi connectivity index (χ0n) is 16.2. The van der Waals surface area contributed by atoms with Crippen molar-refractivity contribution in [2.24, 2.45) is 5.73 Å². The zero-order chi connectivity index (χ0) is 20.5. The topological polar surface area (TPSA) is 139 Å². The van der Waals surface area contributed by atoms with Crippen molar-refractivity contribution < 1.29 is 33.4 Å². The molecule has 1 aliphatic carbocycles. The lowest BCUT2D eigenvalue weighted by Gasteiger charge is -2.36. The summed E-state index contributed by atoms with van der Waals surface area (Å²) in [5.41, 5.74) is 6.07. The molecule has 8 nitrogen and oxygen atoms in total. The van der Waals surface area contributed by atoms with Gasteiger partial charge < -0.3 is 26.0 Å². The number of carbonyl (C=O) groups excluding carboxylic acids is 1. The lowest BCUT2D eigenvalue weighted by Crippen LogP contribution is -2.57. The van der Waals surface area contributed by atoms with Crippen molar-refractivity contribution in [2.75, 3.05) is 0 Å². The lowest BCUT2D eigenvalue weighted by atomic mass is 9.88. The van der Waals surface area contributed by atoms with Gasteiger partial charge in [-0.3, -0.25) is 9.59 Å². The molecule has 1 aliphatic rings. The average Bonchev–Trinajstić information content (AvgIpc) is 2.54. The van der Waals surface area contributed by atoms with Crippen molar-refractivity contribution in [3.8, 4) is 0 Å². The highest BCUT2D eigenvalue weighted by atomic mass is 16.5. The van der Waals surface area contributed by atoms with Gasteiger partial charge in [-0.25, -0.2) is 4.79 Å². The molecule has 0 aromatic rings. The highest BCUT2D eigenvalue weighted by Gasteiger charge is 2.35. The Morgan fingerprint density at radius 3 is 2.57 bits per heavy atom. The van der Waals surface area contributed by atoms with Gasteiger partial charge in [0.15, 0.2) is 0 Å². The molecular formula is C15H26N2O6. The van der Waals surface area contributed by atoms with Crippen LogP contribution in [-0.2, 0) is 19.1 Å². The Morgan fingerprint density at radius 1 is 1.57 bits per heavy atom. The van der Waals surface area contributed by atoms with E-state index in [9.17, 15) is 9.59 Å². The van der Waals surface area contributed by atoms with Crippen molar-refractivity contribution in [3.05, 3.63) is 11.6 Å². The average molecular weight is 334 g/mol. The van der Waals surface area contributed by atoms with Gasteiger partial charge in [0.2, 0.25) is 5.91 Å². The molecule has 0 spiro atoms. The van der Waals surface area contributed by atoms with Gasteiger partial charge in [-0.1, -0.05) is 13.8 Å². The second kappa shape index (κ2) is 10.7. The second-order valence-corrected chi connectivity index (χ2v) is 5.01. The smallest absolute Gasteiger partial charge is 0.331 e. The molecule has 0 saturated heterocycles. The summed E-state index contributed by atoms with van der Waals surface area (Å²) in [6, 6.07) is -1.52. The third-order valence-electron chi connectivity index (χ3n) is 3.47. The summed E-state index contributed by atoms with van der Waals surface area (Å²) in [4.78, 5) is 31.3. The summed E-state index contributed by atoms with van der Waals surface area (Å²) < 4.78 is 27.3. The van der Waals surface area contributed by atoms with Crippen LogP contribution in [0.3, 0.4) is 0 Å². The maximum atomic E-state index is 11.7. The van der Waals surface area contributed by atoms with E-state index in [2.05, 4.69) is 5.32 Å². The van der Waals surface area contributed by atoms with E-state index >= 15 is 0 Å². The molecule has 0 heterocycles. The van der Waals surface area contributed by atoms with Gasteiger partial charge in [0.05, 0.1) is 18.2 Å². The first-order valence-corrected chi connectivity index (χ1v) is 7.25. The first kappa shape index (κ1) is 15.9. The number of carbonyl (C=O) groups is 3. The minimum Gasteiger partial charge on any atom is -0.483 e. The van der Waals surface area contributed by atoms with Crippen LogP contribution in [0.25, 0.3) is 0 Å². The minimum absolute atomic E-state index is 0.0318. The minimum atomic E-state index is -2.80. The van der Waals surface area contributed by atoms with E-state index in [-0.39, 0.29) is 24.6 Å². The molecule has 0 unspecified atom stereocenters. The molecule has 0 aromatic carbocycles. The first-order chi connectivity index (χ1) is 12.0. The molecule has 3 atom stereocenters. The number of carboxylic acid groups (broad SMARTS) is 2. The molecule has 1 amide bonds. The number of ether oxygens (including phenoxy) is 1. The highest BCUT2D eigenvalue weighted by Crippen LogP contribution is 2.23. The first-order valence-electron chi connectivity index (χ1n) is 8.75. The Hall–Kier alpha value is -1.93. The standard InChI is InChI=1S/C14H24N2O4.CH2O2/c1-4-10(5-2)20-12-7-9(14(18)19)6-11(15)13(12)16-8(3)17;2-1-3/h7,10-13H,4-6,15H2,1-3H3,(H,16,17)(H,18,19);1H,(H,2,3)/t11-,12+,13+;/m0./s1/i3+1D3;. The Bertz CT molecular complexity index is 520. The number of carboxylic acids is 1. The van der Waals surface area contributed by atoms with Crippen LogP contribution in [-0.4, -0.2) is 52.9 Å². The predicted molar refractivity (Wildman–Crippen MR) is 83.9 cm³/mol. The lowest BCUT2D eigenvalue weighted by molar-refractivity contribution is -0.133. The molecule has 23 heavy (non-hydrogen) atoms. The monoisotopic (exact) mass is 334 g/mol. The van der Waals surface area contributed by atoms with Crippen LogP contribution < -0.4 is 11.1 Å². The summed E-state index contributed by atoms with van der Waals surface area (Å²) in [7, 11) is 0. The van der Waals surface area contributed by atoms with Crippen LogP contribution in [0.2, 0.25) is 0 Å². The van der Waals surface area contributed by atoms with Crippen LogP contribution >= 0.6 is 0 Å². The number of hydrogen-bond acceptors (Lipinski definition) is 5. The molecule has 132 valence electrons. The van der Waals surface area contributed by atoms with E-state index in [4.69, 9.17) is 29.6 Å². The van der Waals surface area contributed by atoms with Crippen LogP contribution in [0.5, 0.6) is 0 Å². The Labute approximate surface area is 139 Å². The molecule has 0 aromatic heterocycles. The number of nitrogens with one attached hydrogen (secondary N) is 1. The van der Waals surface area contributed by atoms with E-state index < -0.39 is 36.9 Å². The quantitative estimate of drug-likeness (QED) is 0.410. The highest BCUT2D eigenvalue weighted by molar-refractivity contribution is 5.87. The van der Waals surface area contributed by atoms with Crippen molar-refractivity contribution >= 4 is 18.3 Å². The number of amides is 1. The van der Waals surface area contributed by atoms with Gasteiger partial charge in [0, 0.05) is 22.6 Å². The van der Waals surface area contributed by atoms with Crippen LogP contribution in [0.1, 0.15) is 44.1 Å². The maximum Gasteiger partial charge on any atom is 0.331 e. The number of aliphatic carboxylic acids is 1. The van der Waals surface area contributed by atoms with E-state index in [0.717, 1.165) is 0 Å². The predicted octanol–water partition coefficient (Wildman–Crippen LogP) is 0.508. The van der Waals surface area contributed by atoms with Crippen LogP contribution in [0.4, 0.5) is 0 Å². The Kier molecular flexibility index (Phi) is 7.45. The molecule has 8 heteroatoms. The summed E-state index contributed by atoms with van der Waals surface area (Å²) >= 11 is 0. The normalized spacial score (nSPS) is 25.8. The van der Waals surface area contributed by atoms with E-state index in [1.165, 1.54) is 6.08 Å². The van der Waals surface area contributed by atoms with Crippen molar-refractivity contribution in [3.63, 3.8) is 0 Å². The van der Waals surface area contributed by atoms with Crippen molar-refractivity contribution in [1.82, 2.24) is 5.32 Å². The van der Waals surface area contributed by atoms with Crippen LogP contribution in [0, 0.1) is 0 Å². The summed E-state index contributed by atoms with van der Waals surface area (Å²) in [5.74, 6) is -2.22. The second-order valence-electron chi connectivity index (χ2n) is 5.01. The SMILES string of the molecule is O=CO.[2H][13C]([2H])([2H])C(=O)N[C@@H]1[C@@H](N)CC(C(=O)O)=C[C@H]1OC(CC)CC. The molecule has 0 saturated carbocycles. The Balaban J connectivity index is 0.00000194. The van der Waals surface area contributed by atoms with E-state index in [1.807, 2.05) is 13.8 Å². The van der Waals surface area contributed by atoms with Crippen molar-refractivity contribution in [1.29, 1.82) is 0 Å². The van der Waals surface area contributed by atoms with Gasteiger partial charge in [-0.05, 0) is 25.3 Å². The van der Waals surface area contributed by atoms with Crippen molar-refractivity contribution in [2.45, 2.75) is 64.3 Å². The number of hydrogen-bond donors (Lipinski definition) is 4. The van der Waals surface area contributed by atoms with Crippen LogP contribution in [0.15, 0.2) is 11.6 Å². The van der Waals surface area contributed by atoms with Gasteiger partial charge in [0.25, 0.3) is 6.47 Å². The van der Waals surface area contributed by atoms with Gasteiger partial charge in [0.1, 0.15) is 0 Å². The third-order valence-corrected chi connectivity index (χ3v) is 3.47. The maximum absolute atomic E-state index is 11.7. The molecule has 1 rings (SSSR count). The summed E-state index contributed by atoms with van der Waals surface area (Å²) in [5, 5.41) is 18.4. The van der Waals surface area contributed by atoms with Gasteiger partial charge >= 0.3 is 5.97 Å². The third kappa shape index (κ3) is 7.25. The number of nitrogens with two attached hydrogens (primary N) is 1. The van der Waals surface area contributed by atoms with Gasteiger partial charge in [-0.15, -0.1) is 0 Å². The molecular weight excluding hydrogens is 305 g/mol. The molecule has 0 fully saturated rings. The zero-order valence-corrected chi connectivity index (χ0v) is 13.2. The molecule has 0 aliphatic heterocycles. The molecule has 0 radical (unpaired) electrons.